The number of para-hydroxylation sites is 1. The van der Waals surface area contributed by atoms with Crippen molar-refractivity contribution in [2.24, 2.45) is 0 Å². The second-order valence-electron chi connectivity index (χ2n) is 4.91. The molecular formula is C16H22N2O2. The summed E-state index contributed by atoms with van der Waals surface area (Å²) in [6.07, 6.45) is 4.61. The molecule has 0 aliphatic carbocycles. The summed E-state index contributed by atoms with van der Waals surface area (Å²) in [5, 5.41) is 6.26. The standard InChI is InChI=1S/C16H22N2O2/c1-20-15-5-3-2-4-14(15)12-16(19)18-11-8-13-6-9-17-10-7-13/h2-6,17H,7-12H2,1H3,(H,18,19). The van der Waals surface area contributed by atoms with Crippen molar-refractivity contribution in [2.45, 2.75) is 19.3 Å². The van der Waals surface area contributed by atoms with Crippen LogP contribution in [-0.4, -0.2) is 32.7 Å². The van der Waals surface area contributed by atoms with Crippen LogP contribution in [0.25, 0.3) is 0 Å². The van der Waals surface area contributed by atoms with E-state index in [1.54, 1.807) is 7.11 Å². The zero-order valence-electron chi connectivity index (χ0n) is 11.9. The summed E-state index contributed by atoms with van der Waals surface area (Å²) in [5.41, 5.74) is 2.36. The van der Waals surface area contributed by atoms with E-state index in [4.69, 9.17) is 4.74 Å². The molecule has 0 atom stereocenters. The molecule has 0 saturated carbocycles. The minimum Gasteiger partial charge on any atom is -0.496 e. The van der Waals surface area contributed by atoms with Crippen LogP contribution in [-0.2, 0) is 11.2 Å². The Hall–Kier alpha value is -1.81. The van der Waals surface area contributed by atoms with Gasteiger partial charge in [-0.25, -0.2) is 0 Å². The molecule has 1 heterocycles. The van der Waals surface area contributed by atoms with Crippen molar-refractivity contribution in [1.29, 1.82) is 0 Å². The van der Waals surface area contributed by atoms with Crippen molar-refractivity contribution in [3.05, 3.63) is 41.5 Å². The van der Waals surface area contributed by atoms with Gasteiger partial charge in [-0.3, -0.25) is 4.79 Å². The number of benzene rings is 1. The van der Waals surface area contributed by atoms with Crippen LogP contribution in [0.3, 0.4) is 0 Å². The SMILES string of the molecule is COc1ccccc1CC(=O)NCCC1=CCNCC1. The van der Waals surface area contributed by atoms with Gasteiger partial charge >= 0.3 is 0 Å². The molecule has 4 nitrogen and oxygen atoms in total. The van der Waals surface area contributed by atoms with E-state index >= 15 is 0 Å². The lowest BCUT2D eigenvalue weighted by Gasteiger charge is -2.14. The summed E-state index contributed by atoms with van der Waals surface area (Å²) >= 11 is 0. The monoisotopic (exact) mass is 274 g/mol. The Bertz CT molecular complexity index is 483. The number of hydrogen-bond donors (Lipinski definition) is 2. The number of nitrogens with one attached hydrogen (secondary N) is 2. The molecule has 1 aromatic carbocycles. The molecule has 0 saturated heterocycles. The average molecular weight is 274 g/mol. The highest BCUT2D eigenvalue weighted by Gasteiger charge is 2.08. The second kappa shape index (κ2) is 7.70. The Morgan fingerprint density at radius 1 is 1.40 bits per heavy atom. The number of amides is 1. The van der Waals surface area contributed by atoms with Gasteiger partial charge in [-0.15, -0.1) is 0 Å². The summed E-state index contributed by atoms with van der Waals surface area (Å²) < 4.78 is 5.25. The maximum Gasteiger partial charge on any atom is 0.224 e. The number of hydrogen-bond acceptors (Lipinski definition) is 3. The average Bonchev–Trinajstić information content (AvgIpc) is 2.49. The van der Waals surface area contributed by atoms with Crippen LogP contribution in [0.15, 0.2) is 35.9 Å². The Kier molecular flexibility index (Phi) is 5.62. The Morgan fingerprint density at radius 2 is 2.25 bits per heavy atom. The number of ether oxygens (including phenoxy) is 1. The first-order valence-corrected chi connectivity index (χ1v) is 7.07. The van der Waals surface area contributed by atoms with Crippen molar-refractivity contribution in [2.75, 3.05) is 26.7 Å². The molecule has 0 spiro atoms. The van der Waals surface area contributed by atoms with E-state index in [1.165, 1.54) is 5.57 Å². The number of rotatable bonds is 6. The van der Waals surface area contributed by atoms with Gasteiger partial charge in [0.25, 0.3) is 0 Å². The van der Waals surface area contributed by atoms with E-state index in [0.717, 1.165) is 37.2 Å². The van der Waals surface area contributed by atoms with E-state index in [1.807, 2.05) is 24.3 Å². The molecule has 1 amide bonds. The van der Waals surface area contributed by atoms with Crippen LogP contribution >= 0.6 is 0 Å². The summed E-state index contributed by atoms with van der Waals surface area (Å²) in [4.78, 5) is 11.9. The molecule has 2 N–H and O–H groups in total. The summed E-state index contributed by atoms with van der Waals surface area (Å²) in [6.45, 7) is 2.70. The van der Waals surface area contributed by atoms with Crippen molar-refractivity contribution in [3.63, 3.8) is 0 Å². The van der Waals surface area contributed by atoms with Gasteiger partial charge in [0.2, 0.25) is 5.91 Å². The molecule has 1 aromatic rings. The van der Waals surface area contributed by atoms with Crippen molar-refractivity contribution >= 4 is 5.91 Å². The van der Waals surface area contributed by atoms with Crippen molar-refractivity contribution in [1.82, 2.24) is 10.6 Å². The van der Waals surface area contributed by atoms with Crippen LogP contribution in [0, 0.1) is 0 Å². The van der Waals surface area contributed by atoms with Gasteiger partial charge in [0.15, 0.2) is 0 Å². The van der Waals surface area contributed by atoms with E-state index in [-0.39, 0.29) is 5.91 Å². The molecular weight excluding hydrogens is 252 g/mol. The normalized spacial score (nSPS) is 14.6. The van der Waals surface area contributed by atoms with Gasteiger partial charge in [-0.2, -0.15) is 0 Å². The van der Waals surface area contributed by atoms with Crippen LogP contribution in [0.2, 0.25) is 0 Å². The van der Waals surface area contributed by atoms with Gasteiger partial charge in [-0.1, -0.05) is 29.8 Å². The predicted octanol–water partition coefficient (Wildman–Crippen LogP) is 1.66. The van der Waals surface area contributed by atoms with Crippen LogP contribution in [0.4, 0.5) is 0 Å². The van der Waals surface area contributed by atoms with Crippen molar-refractivity contribution < 1.29 is 9.53 Å². The van der Waals surface area contributed by atoms with Gasteiger partial charge in [0, 0.05) is 18.7 Å². The molecule has 1 aliphatic heterocycles. The molecule has 0 aromatic heterocycles. The van der Waals surface area contributed by atoms with Gasteiger partial charge < -0.3 is 15.4 Å². The Balaban J connectivity index is 1.76. The van der Waals surface area contributed by atoms with E-state index in [0.29, 0.717) is 13.0 Å². The maximum atomic E-state index is 11.9. The lowest BCUT2D eigenvalue weighted by Crippen LogP contribution is -2.28. The van der Waals surface area contributed by atoms with E-state index in [2.05, 4.69) is 16.7 Å². The number of carbonyl (C=O) groups is 1. The third-order valence-corrected chi connectivity index (χ3v) is 3.47. The molecule has 0 unspecified atom stereocenters. The molecule has 2 rings (SSSR count). The van der Waals surface area contributed by atoms with Gasteiger partial charge in [-0.05, 0) is 25.5 Å². The van der Waals surface area contributed by atoms with Crippen LogP contribution in [0.1, 0.15) is 18.4 Å². The fraction of sp³-hybridized carbons (Fsp3) is 0.438. The first kappa shape index (κ1) is 14.6. The lowest BCUT2D eigenvalue weighted by molar-refractivity contribution is -0.120. The summed E-state index contributed by atoms with van der Waals surface area (Å²) in [7, 11) is 1.63. The quantitative estimate of drug-likeness (QED) is 0.776. The molecule has 4 heteroatoms. The number of methoxy groups -OCH3 is 1. The fourth-order valence-corrected chi connectivity index (χ4v) is 2.34. The topological polar surface area (TPSA) is 50.4 Å². The fourth-order valence-electron chi connectivity index (χ4n) is 2.34. The highest BCUT2D eigenvalue weighted by Crippen LogP contribution is 2.17. The largest absolute Gasteiger partial charge is 0.496 e. The zero-order chi connectivity index (χ0) is 14.2. The summed E-state index contributed by atoms with van der Waals surface area (Å²) in [5.74, 6) is 0.813. The van der Waals surface area contributed by atoms with Crippen LogP contribution in [0.5, 0.6) is 5.75 Å². The molecule has 0 fully saturated rings. The first-order valence-electron chi connectivity index (χ1n) is 7.07. The maximum absolute atomic E-state index is 11.9. The minimum absolute atomic E-state index is 0.0454. The Morgan fingerprint density at radius 3 is 3.00 bits per heavy atom. The Labute approximate surface area is 120 Å². The number of carbonyl (C=O) groups excluding carboxylic acids is 1. The second-order valence-corrected chi connectivity index (χ2v) is 4.91. The van der Waals surface area contributed by atoms with Crippen LogP contribution < -0.4 is 15.4 Å². The smallest absolute Gasteiger partial charge is 0.224 e. The molecule has 0 bridgehead atoms. The highest BCUT2D eigenvalue weighted by atomic mass is 16.5. The zero-order valence-corrected chi connectivity index (χ0v) is 11.9. The van der Waals surface area contributed by atoms with Gasteiger partial charge in [0.1, 0.15) is 5.75 Å². The molecule has 0 radical (unpaired) electrons. The van der Waals surface area contributed by atoms with Crippen molar-refractivity contribution in [3.8, 4) is 5.75 Å². The third kappa shape index (κ3) is 4.38. The molecule has 20 heavy (non-hydrogen) atoms. The molecule has 108 valence electrons. The van der Waals surface area contributed by atoms with E-state index < -0.39 is 0 Å². The first-order chi connectivity index (χ1) is 9.79. The highest BCUT2D eigenvalue weighted by molar-refractivity contribution is 5.79. The minimum atomic E-state index is 0.0454. The third-order valence-electron chi connectivity index (χ3n) is 3.47. The summed E-state index contributed by atoms with van der Waals surface area (Å²) in [6, 6.07) is 7.63. The van der Waals surface area contributed by atoms with Gasteiger partial charge in [0.05, 0.1) is 13.5 Å². The predicted molar refractivity (Wildman–Crippen MR) is 79.9 cm³/mol. The lowest BCUT2D eigenvalue weighted by atomic mass is 10.1. The molecule has 1 aliphatic rings. The van der Waals surface area contributed by atoms with E-state index in [9.17, 15) is 4.79 Å².